The van der Waals surface area contributed by atoms with Gasteiger partial charge >= 0.3 is 5.97 Å². The molecule has 0 N–H and O–H groups in total. The Morgan fingerprint density at radius 2 is 2.19 bits per heavy atom. The number of aromatic nitrogens is 2. The Bertz CT molecular complexity index is 789. The first-order chi connectivity index (χ1) is 10.2. The number of para-hydroxylation sites is 1. The third-order valence-corrected chi connectivity index (χ3v) is 4.41. The molecule has 108 valence electrons. The summed E-state index contributed by atoms with van der Waals surface area (Å²) in [5, 5.41) is 3.92. The van der Waals surface area contributed by atoms with Crippen molar-refractivity contribution in [1.29, 1.82) is 0 Å². The summed E-state index contributed by atoms with van der Waals surface area (Å²) in [6.45, 7) is 2.28. The molecule has 0 fully saturated rings. The Morgan fingerprint density at radius 1 is 1.38 bits per heavy atom. The lowest BCUT2D eigenvalue weighted by molar-refractivity contribution is 0.0470. The number of esters is 1. The van der Waals surface area contributed by atoms with Gasteiger partial charge < -0.3 is 9.30 Å². The van der Waals surface area contributed by atoms with Gasteiger partial charge in [0, 0.05) is 29.5 Å². The van der Waals surface area contributed by atoms with E-state index in [4.69, 9.17) is 4.74 Å². The van der Waals surface area contributed by atoms with Gasteiger partial charge in [0.25, 0.3) is 0 Å². The number of rotatable bonds is 4. The third-order valence-electron chi connectivity index (χ3n) is 3.37. The van der Waals surface area contributed by atoms with Gasteiger partial charge in [-0.05, 0) is 12.5 Å². The Morgan fingerprint density at radius 3 is 2.95 bits per heavy atom. The molecule has 2 aromatic heterocycles. The summed E-state index contributed by atoms with van der Waals surface area (Å²) in [5.74, 6) is -0.308. The van der Waals surface area contributed by atoms with Crippen LogP contribution in [0.2, 0.25) is 0 Å². The highest BCUT2D eigenvalue weighted by molar-refractivity contribution is 7.09. The van der Waals surface area contributed by atoms with Crippen LogP contribution in [-0.4, -0.2) is 15.5 Å². The first-order valence-electron chi connectivity index (χ1n) is 6.83. The summed E-state index contributed by atoms with van der Waals surface area (Å²) in [6, 6.07) is 7.80. The molecule has 2 heterocycles. The topological polar surface area (TPSA) is 44.1 Å². The number of benzene rings is 1. The van der Waals surface area contributed by atoms with E-state index in [9.17, 15) is 4.79 Å². The van der Waals surface area contributed by atoms with Crippen LogP contribution in [0.4, 0.5) is 0 Å². The second-order valence-electron chi connectivity index (χ2n) is 4.83. The minimum atomic E-state index is -0.308. The predicted octanol–water partition coefficient (Wildman–Crippen LogP) is 3.55. The summed E-state index contributed by atoms with van der Waals surface area (Å²) in [6.07, 6.45) is 2.72. The van der Waals surface area contributed by atoms with Crippen molar-refractivity contribution in [2.24, 2.45) is 7.05 Å². The third kappa shape index (κ3) is 2.69. The van der Waals surface area contributed by atoms with Crippen LogP contribution in [0.25, 0.3) is 10.9 Å². The summed E-state index contributed by atoms with van der Waals surface area (Å²) in [4.78, 5) is 16.7. The number of ether oxygens (including phenoxy) is 1. The van der Waals surface area contributed by atoms with E-state index in [2.05, 4.69) is 11.9 Å². The molecule has 0 aliphatic carbocycles. The molecule has 0 unspecified atom stereocenters. The van der Waals surface area contributed by atoms with Crippen molar-refractivity contribution in [1.82, 2.24) is 9.55 Å². The zero-order chi connectivity index (χ0) is 14.8. The number of carbonyl (C=O) groups excluding carboxylic acids is 1. The zero-order valence-corrected chi connectivity index (χ0v) is 12.8. The molecule has 0 amide bonds. The normalized spacial score (nSPS) is 11.0. The summed E-state index contributed by atoms with van der Waals surface area (Å²) < 4.78 is 7.32. The van der Waals surface area contributed by atoms with Gasteiger partial charge in [0.05, 0.1) is 16.3 Å². The number of fused-ring (bicyclic) bond motifs is 1. The van der Waals surface area contributed by atoms with E-state index >= 15 is 0 Å². The number of thiazole rings is 1. The predicted molar refractivity (Wildman–Crippen MR) is 83.5 cm³/mol. The molecule has 0 saturated carbocycles. The van der Waals surface area contributed by atoms with E-state index in [-0.39, 0.29) is 12.6 Å². The largest absolute Gasteiger partial charge is 0.455 e. The molecule has 0 atom stereocenters. The standard InChI is InChI=1S/C16H16N2O2S/c1-3-15-17-11(10-21-15)9-20-16(19)13-8-18(2)14-7-5-4-6-12(13)14/h4-8,10H,3,9H2,1-2H3. The van der Waals surface area contributed by atoms with Crippen LogP contribution in [-0.2, 0) is 24.8 Å². The first kappa shape index (κ1) is 13.8. The number of hydrogen-bond acceptors (Lipinski definition) is 4. The van der Waals surface area contributed by atoms with Gasteiger partial charge in [-0.3, -0.25) is 0 Å². The fourth-order valence-corrected chi connectivity index (χ4v) is 3.03. The lowest BCUT2D eigenvalue weighted by Gasteiger charge is -2.01. The maximum absolute atomic E-state index is 12.3. The summed E-state index contributed by atoms with van der Waals surface area (Å²) >= 11 is 1.60. The number of nitrogens with zero attached hydrogens (tertiary/aromatic N) is 2. The van der Waals surface area contributed by atoms with Crippen molar-refractivity contribution in [3.05, 3.63) is 52.1 Å². The molecule has 3 aromatic rings. The molecule has 21 heavy (non-hydrogen) atoms. The fourth-order valence-electron chi connectivity index (χ4n) is 2.30. The van der Waals surface area contributed by atoms with Crippen molar-refractivity contribution in [2.75, 3.05) is 0 Å². The summed E-state index contributed by atoms with van der Waals surface area (Å²) in [7, 11) is 1.92. The molecular weight excluding hydrogens is 284 g/mol. The summed E-state index contributed by atoms with van der Waals surface area (Å²) in [5.41, 5.74) is 2.43. The average molecular weight is 300 g/mol. The van der Waals surface area contributed by atoms with E-state index in [1.54, 1.807) is 11.3 Å². The highest BCUT2D eigenvalue weighted by atomic mass is 32.1. The maximum atomic E-state index is 12.3. The van der Waals surface area contributed by atoms with Gasteiger partial charge in [0.2, 0.25) is 0 Å². The van der Waals surface area contributed by atoms with E-state index in [1.165, 1.54) is 0 Å². The molecule has 0 aliphatic heterocycles. The molecular formula is C16H16N2O2S. The second-order valence-corrected chi connectivity index (χ2v) is 5.78. The lowest BCUT2D eigenvalue weighted by Crippen LogP contribution is -2.05. The van der Waals surface area contributed by atoms with E-state index in [0.717, 1.165) is 28.0 Å². The Labute approximate surface area is 127 Å². The van der Waals surface area contributed by atoms with Gasteiger partial charge in [-0.25, -0.2) is 9.78 Å². The van der Waals surface area contributed by atoms with E-state index in [1.807, 2.05) is 47.5 Å². The monoisotopic (exact) mass is 300 g/mol. The quantitative estimate of drug-likeness (QED) is 0.692. The molecule has 5 heteroatoms. The Balaban J connectivity index is 1.78. The van der Waals surface area contributed by atoms with Crippen molar-refractivity contribution in [2.45, 2.75) is 20.0 Å². The van der Waals surface area contributed by atoms with Gasteiger partial charge in [-0.1, -0.05) is 25.1 Å². The van der Waals surface area contributed by atoms with Crippen molar-refractivity contribution in [3.8, 4) is 0 Å². The van der Waals surface area contributed by atoms with E-state index in [0.29, 0.717) is 5.56 Å². The Kier molecular flexibility index (Phi) is 3.75. The average Bonchev–Trinajstić information content (AvgIpc) is 3.10. The van der Waals surface area contributed by atoms with Gasteiger partial charge in [0.15, 0.2) is 0 Å². The molecule has 0 radical (unpaired) electrons. The number of aryl methyl sites for hydroxylation is 2. The molecule has 0 saturated heterocycles. The molecule has 4 nitrogen and oxygen atoms in total. The van der Waals surface area contributed by atoms with Gasteiger partial charge in [0.1, 0.15) is 6.61 Å². The molecule has 1 aromatic carbocycles. The van der Waals surface area contributed by atoms with Crippen LogP contribution >= 0.6 is 11.3 Å². The van der Waals surface area contributed by atoms with Crippen LogP contribution in [0.3, 0.4) is 0 Å². The smallest absolute Gasteiger partial charge is 0.340 e. The lowest BCUT2D eigenvalue weighted by atomic mass is 10.2. The Hall–Kier alpha value is -2.14. The van der Waals surface area contributed by atoms with Crippen molar-refractivity contribution >= 4 is 28.2 Å². The zero-order valence-electron chi connectivity index (χ0n) is 12.0. The first-order valence-corrected chi connectivity index (χ1v) is 7.71. The van der Waals surface area contributed by atoms with Gasteiger partial charge in [-0.15, -0.1) is 11.3 Å². The number of hydrogen-bond donors (Lipinski definition) is 0. The van der Waals surface area contributed by atoms with Crippen LogP contribution in [0, 0.1) is 0 Å². The molecule has 0 spiro atoms. The fraction of sp³-hybridized carbons (Fsp3) is 0.250. The van der Waals surface area contributed by atoms with Crippen LogP contribution in [0.1, 0.15) is 28.0 Å². The van der Waals surface area contributed by atoms with Crippen molar-refractivity contribution < 1.29 is 9.53 Å². The minimum Gasteiger partial charge on any atom is -0.455 e. The van der Waals surface area contributed by atoms with Crippen molar-refractivity contribution in [3.63, 3.8) is 0 Å². The SMILES string of the molecule is CCc1nc(COC(=O)c2cn(C)c3ccccc23)cs1. The number of carbonyl (C=O) groups is 1. The highest BCUT2D eigenvalue weighted by Crippen LogP contribution is 2.21. The maximum Gasteiger partial charge on any atom is 0.340 e. The minimum absolute atomic E-state index is 0.221. The second kappa shape index (κ2) is 5.69. The molecule has 3 rings (SSSR count). The van der Waals surface area contributed by atoms with Crippen LogP contribution in [0.15, 0.2) is 35.8 Å². The van der Waals surface area contributed by atoms with Crippen LogP contribution in [0.5, 0.6) is 0 Å². The van der Waals surface area contributed by atoms with Gasteiger partial charge in [-0.2, -0.15) is 0 Å². The molecule has 0 bridgehead atoms. The van der Waals surface area contributed by atoms with Crippen LogP contribution < -0.4 is 0 Å². The molecule has 0 aliphatic rings. The highest BCUT2D eigenvalue weighted by Gasteiger charge is 2.15. The van der Waals surface area contributed by atoms with E-state index < -0.39 is 0 Å².